The van der Waals surface area contributed by atoms with Crippen LogP contribution in [0.1, 0.15) is 25.1 Å². The lowest BCUT2D eigenvalue weighted by Crippen LogP contribution is -2.19. The zero-order valence-electron chi connectivity index (χ0n) is 7.12. The lowest BCUT2D eigenvalue weighted by Gasteiger charge is -2.16. The summed E-state index contributed by atoms with van der Waals surface area (Å²) < 4.78 is 1.88. The summed E-state index contributed by atoms with van der Waals surface area (Å²) in [6, 6.07) is -0.0423. The van der Waals surface area contributed by atoms with Crippen molar-refractivity contribution in [2.45, 2.75) is 25.9 Å². The van der Waals surface area contributed by atoms with Gasteiger partial charge in [-0.05, 0) is 13.3 Å². The molecule has 0 aliphatic carbocycles. The number of nitrogens with zero attached hydrogens (tertiary/aromatic N) is 3. The fourth-order valence-corrected chi connectivity index (χ4v) is 1.41. The van der Waals surface area contributed by atoms with Crippen molar-refractivity contribution in [1.29, 1.82) is 0 Å². The van der Waals surface area contributed by atoms with Crippen molar-refractivity contribution in [2.24, 2.45) is 5.73 Å². The van der Waals surface area contributed by atoms with E-state index in [1.165, 1.54) is 0 Å². The summed E-state index contributed by atoms with van der Waals surface area (Å²) in [7, 11) is 0. The average molecular weight is 167 g/mol. The van der Waals surface area contributed by atoms with Crippen LogP contribution in [-0.4, -0.2) is 21.5 Å². The third-order valence-electron chi connectivity index (χ3n) is 2.03. The number of fused-ring (bicyclic) bond motifs is 1. The quantitative estimate of drug-likeness (QED) is 0.623. The minimum Gasteiger partial charge on any atom is -0.369 e. The third kappa shape index (κ3) is 1.06. The van der Waals surface area contributed by atoms with Crippen molar-refractivity contribution in [3.8, 4) is 0 Å². The molecule has 5 nitrogen and oxygen atoms in total. The van der Waals surface area contributed by atoms with Gasteiger partial charge in [0.1, 0.15) is 11.5 Å². The Morgan fingerprint density at radius 2 is 2.50 bits per heavy atom. The fourth-order valence-electron chi connectivity index (χ4n) is 1.41. The molecule has 66 valence electrons. The molecule has 12 heavy (non-hydrogen) atoms. The second kappa shape index (κ2) is 2.75. The molecule has 0 amide bonds. The van der Waals surface area contributed by atoms with Gasteiger partial charge < -0.3 is 11.1 Å². The molecule has 3 N–H and O–H groups in total. The molecule has 1 aliphatic rings. The predicted octanol–water partition coefficient (Wildman–Crippen LogP) is 0.113. The molecule has 1 aromatic rings. The van der Waals surface area contributed by atoms with Crippen LogP contribution in [0.2, 0.25) is 0 Å². The van der Waals surface area contributed by atoms with Crippen molar-refractivity contribution in [2.75, 3.05) is 11.9 Å². The smallest absolute Gasteiger partial charge is 0.149 e. The van der Waals surface area contributed by atoms with Crippen LogP contribution in [0.15, 0.2) is 0 Å². The zero-order valence-corrected chi connectivity index (χ0v) is 7.12. The van der Waals surface area contributed by atoms with E-state index in [9.17, 15) is 0 Å². The number of aryl methyl sites for hydroxylation is 1. The standard InChI is InChI=1S/C7H13N5/c1-5(8)6-7-9-3-2-4-12(7)11-10-6/h5,9H,2-4,8H2,1H3. The number of rotatable bonds is 1. The van der Waals surface area contributed by atoms with E-state index in [0.717, 1.165) is 31.0 Å². The van der Waals surface area contributed by atoms with Crippen LogP contribution < -0.4 is 11.1 Å². The molecule has 0 saturated heterocycles. The number of anilines is 1. The Balaban J connectivity index is 2.38. The van der Waals surface area contributed by atoms with E-state index in [1.54, 1.807) is 0 Å². The number of hydrogen-bond donors (Lipinski definition) is 2. The Hall–Kier alpha value is -1.10. The van der Waals surface area contributed by atoms with Crippen LogP contribution in [0, 0.1) is 0 Å². The summed E-state index contributed by atoms with van der Waals surface area (Å²) in [6.45, 7) is 3.86. The van der Waals surface area contributed by atoms with Gasteiger partial charge in [0.15, 0.2) is 0 Å². The SMILES string of the molecule is CC(N)c1nnn2c1NCCC2. The molecular weight excluding hydrogens is 154 g/mol. The van der Waals surface area contributed by atoms with Gasteiger partial charge in [0.2, 0.25) is 0 Å². The molecular formula is C7H13N5. The number of aromatic nitrogens is 3. The maximum absolute atomic E-state index is 5.73. The van der Waals surface area contributed by atoms with Crippen LogP contribution in [0.25, 0.3) is 0 Å². The summed E-state index contributed by atoms with van der Waals surface area (Å²) in [5.74, 6) is 0.997. The molecule has 0 radical (unpaired) electrons. The topological polar surface area (TPSA) is 68.8 Å². The highest BCUT2D eigenvalue weighted by Gasteiger charge is 2.17. The molecule has 1 unspecified atom stereocenters. The first kappa shape index (κ1) is 7.54. The Morgan fingerprint density at radius 1 is 1.67 bits per heavy atom. The van der Waals surface area contributed by atoms with Crippen LogP contribution in [0.5, 0.6) is 0 Å². The van der Waals surface area contributed by atoms with E-state index in [1.807, 2.05) is 11.6 Å². The fraction of sp³-hybridized carbons (Fsp3) is 0.714. The first-order valence-electron chi connectivity index (χ1n) is 4.22. The normalized spacial score (nSPS) is 18.2. The van der Waals surface area contributed by atoms with Crippen molar-refractivity contribution < 1.29 is 0 Å². The molecule has 2 rings (SSSR count). The van der Waals surface area contributed by atoms with Gasteiger partial charge in [0.25, 0.3) is 0 Å². The molecule has 0 aromatic carbocycles. The molecule has 1 aliphatic heterocycles. The highest BCUT2D eigenvalue weighted by molar-refractivity contribution is 5.42. The van der Waals surface area contributed by atoms with Crippen molar-refractivity contribution in [1.82, 2.24) is 15.0 Å². The van der Waals surface area contributed by atoms with Crippen LogP contribution in [0.4, 0.5) is 5.82 Å². The first-order valence-corrected chi connectivity index (χ1v) is 4.22. The molecule has 5 heteroatoms. The molecule has 0 spiro atoms. The third-order valence-corrected chi connectivity index (χ3v) is 2.03. The summed E-state index contributed by atoms with van der Waals surface area (Å²) in [5.41, 5.74) is 6.60. The maximum Gasteiger partial charge on any atom is 0.149 e. The first-order chi connectivity index (χ1) is 5.79. The van der Waals surface area contributed by atoms with Crippen LogP contribution in [-0.2, 0) is 6.54 Å². The second-order valence-corrected chi connectivity index (χ2v) is 3.12. The predicted molar refractivity (Wildman–Crippen MR) is 45.7 cm³/mol. The number of nitrogens with two attached hydrogens (primary N) is 1. The second-order valence-electron chi connectivity index (χ2n) is 3.12. The van der Waals surface area contributed by atoms with Crippen LogP contribution >= 0.6 is 0 Å². The van der Waals surface area contributed by atoms with E-state index in [4.69, 9.17) is 5.73 Å². The molecule has 0 bridgehead atoms. The minimum atomic E-state index is -0.0423. The van der Waals surface area contributed by atoms with Crippen molar-refractivity contribution in [3.05, 3.63) is 5.69 Å². The van der Waals surface area contributed by atoms with Crippen molar-refractivity contribution >= 4 is 5.82 Å². The van der Waals surface area contributed by atoms with Gasteiger partial charge in [0.05, 0.1) is 0 Å². The monoisotopic (exact) mass is 167 g/mol. The lowest BCUT2D eigenvalue weighted by molar-refractivity contribution is 0.549. The summed E-state index contributed by atoms with van der Waals surface area (Å²) in [4.78, 5) is 0. The Bertz CT molecular complexity index is 277. The van der Waals surface area contributed by atoms with E-state index in [-0.39, 0.29) is 6.04 Å². The van der Waals surface area contributed by atoms with E-state index >= 15 is 0 Å². The Kier molecular flexibility index (Phi) is 1.73. The minimum absolute atomic E-state index is 0.0423. The molecule has 0 saturated carbocycles. The van der Waals surface area contributed by atoms with Gasteiger partial charge in [-0.25, -0.2) is 4.68 Å². The largest absolute Gasteiger partial charge is 0.369 e. The van der Waals surface area contributed by atoms with Gasteiger partial charge in [-0.3, -0.25) is 0 Å². The Morgan fingerprint density at radius 3 is 3.25 bits per heavy atom. The molecule has 1 aromatic heterocycles. The lowest BCUT2D eigenvalue weighted by atomic mass is 10.2. The average Bonchev–Trinajstić information content (AvgIpc) is 2.47. The van der Waals surface area contributed by atoms with E-state index < -0.39 is 0 Å². The van der Waals surface area contributed by atoms with Gasteiger partial charge in [-0.2, -0.15) is 0 Å². The van der Waals surface area contributed by atoms with Crippen molar-refractivity contribution in [3.63, 3.8) is 0 Å². The van der Waals surface area contributed by atoms with Gasteiger partial charge >= 0.3 is 0 Å². The van der Waals surface area contributed by atoms with Gasteiger partial charge in [0, 0.05) is 19.1 Å². The maximum atomic E-state index is 5.73. The summed E-state index contributed by atoms with van der Waals surface area (Å²) >= 11 is 0. The molecule has 1 atom stereocenters. The van der Waals surface area contributed by atoms with E-state index in [0.29, 0.717) is 0 Å². The highest BCUT2D eigenvalue weighted by atomic mass is 15.5. The van der Waals surface area contributed by atoms with Gasteiger partial charge in [-0.15, -0.1) is 5.10 Å². The molecule has 0 fully saturated rings. The summed E-state index contributed by atoms with van der Waals surface area (Å²) in [6.07, 6.45) is 1.11. The number of nitrogens with one attached hydrogen (secondary N) is 1. The highest BCUT2D eigenvalue weighted by Crippen LogP contribution is 2.20. The van der Waals surface area contributed by atoms with Crippen LogP contribution in [0.3, 0.4) is 0 Å². The van der Waals surface area contributed by atoms with Gasteiger partial charge in [-0.1, -0.05) is 5.21 Å². The van der Waals surface area contributed by atoms with E-state index in [2.05, 4.69) is 15.6 Å². The molecule has 2 heterocycles. The zero-order chi connectivity index (χ0) is 8.55. The number of hydrogen-bond acceptors (Lipinski definition) is 4. The Labute approximate surface area is 70.9 Å². The summed E-state index contributed by atoms with van der Waals surface area (Å²) in [5, 5.41) is 11.3.